The maximum atomic E-state index is 14.8. The molecule has 19 heteroatoms. The van der Waals surface area contributed by atoms with E-state index >= 15 is 0 Å². The Bertz CT molecular complexity index is 2010. The number of benzene rings is 2. The number of rotatable bonds is 10. The lowest BCUT2D eigenvalue weighted by atomic mass is 9.75. The van der Waals surface area contributed by atoms with Crippen molar-refractivity contribution in [2.75, 3.05) is 6.61 Å². The molecular weight excluding hydrogens is 720 g/mol. The molecule has 2 aliphatic rings. The largest absolute Gasteiger partial charge is 0.447 e. The molecule has 3 heterocycles. The lowest BCUT2D eigenvalue weighted by Crippen LogP contribution is -2.49. The van der Waals surface area contributed by atoms with Crippen molar-refractivity contribution >= 4 is 29.6 Å². The molecule has 1 aliphatic heterocycles. The first-order chi connectivity index (χ1) is 24.3. The highest BCUT2D eigenvalue weighted by atomic mass is 35.5. The van der Waals surface area contributed by atoms with Gasteiger partial charge in [0.25, 0.3) is 5.91 Å². The average molecular weight is 752 g/mol. The van der Waals surface area contributed by atoms with E-state index in [1.54, 1.807) is 24.3 Å². The number of amides is 2. The van der Waals surface area contributed by atoms with Crippen molar-refractivity contribution in [1.29, 1.82) is 5.41 Å². The maximum absolute atomic E-state index is 14.8. The molecule has 2 amide bonds. The second kappa shape index (κ2) is 13.1. The number of guanidine groups is 1. The molecule has 2 aromatic heterocycles. The summed E-state index contributed by atoms with van der Waals surface area (Å²) in [4.78, 5) is 32.7. The van der Waals surface area contributed by atoms with Gasteiger partial charge >= 0.3 is 18.8 Å². The van der Waals surface area contributed by atoms with Gasteiger partial charge in [0.15, 0.2) is 11.8 Å². The zero-order valence-electron chi connectivity index (χ0n) is 27.8. The Morgan fingerprint density at radius 2 is 1.79 bits per heavy atom. The topological polar surface area (TPSA) is 143 Å². The van der Waals surface area contributed by atoms with E-state index in [-0.39, 0.29) is 46.1 Å². The van der Waals surface area contributed by atoms with Gasteiger partial charge in [-0.25, -0.2) is 9.78 Å². The van der Waals surface area contributed by atoms with Gasteiger partial charge in [-0.1, -0.05) is 67.2 Å². The van der Waals surface area contributed by atoms with Gasteiger partial charge in [0.05, 0.1) is 23.5 Å². The first-order valence-electron chi connectivity index (χ1n) is 15.9. The van der Waals surface area contributed by atoms with Crippen LogP contribution in [-0.4, -0.2) is 65.9 Å². The quantitative estimate of drug-likeness (QED) is 0.146. The Kier molecular flexibility index (Phi) is 9.25. The number of alkyl halides is 5. The first-order valence-corrected chi connectivity index (χ1v) is 16.2. The molecule has 1 saturated heterocycles. The Hall–Kier alpha value is -5.13. The zero-order chi connectivity index (χ0) is 37.8. The fraction of sp³-hybridized carbons (Fsp3) is 0.394. The summed E-state index contributed by atoms with van der Waals surface area (Å²) in [6.07, 6.45) is -3.32. The molecule has 1 aliphatic carbocycles. The van der Waals surface area contributed by atoms with Crippen molar-refractivity contribution in [3.05, 3.63) is 77.3 Å². The normalized spacial score (nSPS) is 19.2. The summed E-state index contributed by atoms with van der Waals surface area (Å²) in [6, 6.07) is 9.24. The molecule has 0 unspecified atom stereocenters. The molecule has 6 rings (SSSR count). The Balaban J connectivity index is 1.40. The number of hydrogen-bond donors (Lipinski definition) is 3. The highest BCUT2D eigenvalue weighted by Gasteiger charge is 2.64. The number of ether oxygens (including phenoxy) is 1. The number of halogens is 7. The van der Waals surface area contributed by atoms with Crippen LogP contribution in [-0.2, 0) is 15.1 Å². The second-order valence-electron chi connectivity index (χ2n) is 13.9. The van der Waals surface area contributed by atoms with E-state index < -0.39 is 59.8 Å². The summed E-state index contributed by atoms with van der Waals surface area (Å²) < 4.78 is 87.6. The Morgan fingerprint density at radius 1 is 1.10 bits per heavy atom. The number of aromatic nitrogens is 5. The van der Waals surface area contributed by atoms with Crippen molar-refractivity contribution in [2.45, 2.75) is 69.9 Å². The Morgan fingerprint density at radius 3 is 2.37 bits per heavy atom. The smallest absolute Gasteiger partial charge is 0.411 e. The van der Waals surface area contributed by atoms with Gasteiger partial charge in [0.2, 0.25) is 0 Å². The van der Waals surface area contributed by atoms with Crippen molar-refractivity contribution in [3.63, 3.8) is 0 Å². The fourth-order valence-corrected chi connectivity index (χ4v) is 6.55. The second-order valence-corrected chi connectivity index (χ2v) is 14.3. The van der Waals surface area contributed by atoms with E-state index in [1.165, 1.54) is 30.6 Å². The van der Waals surface area contributed by atoms with Gasteiger partial charge < -0.3 is 15.4 Å². The van der Waals surface area contributed by atoms with Crippen LogP contribution >= 0.6 is 11.6 Å². The number of carbonyl (C=O) groups is 2. The van der Waals surface area contributed by atoms with Crippen molar-refractivity contribution < 1.29 is 40.8 Å². The number of hydrogen-bond acceptors (Lipinski definition) is 7. The molecule has 276 valence electrons. The molecular formula is C33H32ClF6N9O3. The monoisotopic (exact) mass is 751 g/mol. The molecule has 0 spiro atoms. The van der Waals surface area contributed by atoms with E-state index in [1.807, 2.05) is 26.1 Å². The van der Waals surface area contributed by atoms with E-state index in [9.17, 15) is 36.0 Å². The van der Waals surface area contributed by atoms with Gasteiger partial charge in [-0.05, 0) is 53.5 Å². The summed E-state index contributed by atoms with van der Waals surface area (Å²) in [6.45, 7) is 1.78. The van der Waals surface area contributed by atoms with E-state index in [4.69, 9.17) is 21.7 Å². The first kappa shape index (κ1) is 36.7. The third-order valence-corrected chi connectivity index (χ3v) is 9.24. The third kappa shape index (κ3) is 6.90. The fourth-order valence-electron chi connectivity index (χ4n) is 6.35. The minimum absolute atomic E-state index is 0.0293. The number of nitrogens with zero attached hydrogens (tertiary/aromatic N) is 6. The van der Waals surface area contributed by atoms with Crippen LogP contribution in [0.1, 0.15) is 63.8 Å². The standard InChI is InChI=1S/C33H32ClF6N9O3/c1-30(2,3)16-32(21-7-4-18(5-8-21)20-13-43-47(40)14-20)26(50)48(28(41)45-32)24(15-52-29(51)46-31(10-11-31)33(37,38)39)19-6-9-23(34)22(12-19)25-42-17-44-49(25)27(35)36/h4-9,12-14,17,24,27H,10-11,15-16H2,1-3H3,(H2,41,45)(H,46,51)/t24-,32-/m1/s1. The molecule has 3 N–H and O–H groups in total. The minimum Gasteiger partial charge on any atom is -0.447 e. The maximum Gasteiger partial charge on any atom is 0.411 e. The van der Waals surface area contributed by atoms with Crippen molar-refractivity contribution in [3.8, 4) is 22.5 Å². The molecule has 0 radical (unpaired) electrons. The molecule has 2 aromatic carbocycles. The van der Waals surface area contributed by atoms with Crippen molar-refractivity contribution in [1.82, 2.24) is 40.3 Å². The number of carbonyl (C=O) groups excluding carboxylic acids is 2. The lowest BCUT2D eigenvalue weighted by molar-refractivity contribution is -0.164. The molecule has 4 aromatic rings. The van der Waals surface area contributed by atoms with Gasteiger partial charge in [0, 0.05) is 11.1 Å². The van der Waals surface area contributed by atoms with Crippen LogP contribution in [0.4, 0.5) is 31.2 Å². The van der Waals surface area contributed by atoms with Gasteiger partial charge in [-0.2, -0.15) is 36.8 Å². The molecule has 2 fully saturated rings. The molecule has 0 bridgehead atoms. The van der Waals surface area contributed by atoms with Crippen LogP contribution in [0.3, 0.4) is 0 Å². The molecule has 52 heavy (non-hydrogen) atoms. The van der Waals surface area contributed by atoms with E-state index in [0.29, 0.717) is 21.4 Å². The predicted octanol–water partition coefficient (Wildman–Crippen LogP) is 7.15. The van der Waals surface area contributed by atoms with Crippen LogP contribution in [0.5, 0.6) is 0 Å². The lowest BCUT2D eigenvalue weighted by Gasteiger charge is -2.35. The molecule has 1 saturated carbocycles. The Labute approximate surface area is 297 Å². The zero-order valence-corrected chi connectivity index (χ0v) is 28.6. The van der Waals surface area contributed by atoms with E-state index in [0.717, 1.165) is 11.2 Å². The summed E-state index contributed by atoms with van der Waals surface area (Å²) in [5.74, 6) is -1.44. The highest BCUT2D eigenvalue weighted by Crippen LogP contribution is 2.49. The summed E-state index contributed by atoms with van der Waals surface area (Å²) in [5.41, 5.74) is -3.00. The SMILES string of the molecule is CC(C)(C)C[C@]1(c2ccc(-c3cnn(F)c3)cc2)NC(=N)N([C@H](COC(=O)NC2(C(F)(F)F)CC2)c2ccc(Cl)c(-c3ncnn3C(F)F)c2)C1=O. The van der Waals surface area contributed by atoms with Crippen LogP contribution in [0.15, 0.2) is 61.2 Å². The predicted molar refractivity (Wildman–Crippen MR) is 175 cm³/mol. The van der Waals surface area contributed by atoms with Crippen LogP contribution in [0.25, 0.3) is 22.5 Å². The van der Waals surface area contributed by atoms with Gasteiger partial charge in [-0.3, -0.25) is 15.1 Å². The average Bonchev–Trinajstić information content (AvgIpc) is 3.36. The minimum atomic E-state index is -4.73. The van der Waals surface area contributed by atoms with Crippen molar-refractivity contribution in [2.24, 2.45) is 5.41 Å². The van der Waals surface area contributed by atoms with Crippen LogP contribution < -0.4 is 10.6 Å². The van der Waals surface area contributed by atoms with Crippen LogP contribution in [0.2, 0.25) is 5.02 Å². The summed E-state index contributed by atoms with van der Waals surface area (Å²) >= 11 is 6.40. The number of nitrogens with one attached hydrogen (secondary N) is 3. The number of alkyl carbamates (subject to hydrolysis) is 1. The van der Waals surface area contributed by atoms with Gasteiger partial charge in [-0.15, -0.1) is 4.90 Å². The molecule has 12 nitrogen and oxygen atoms in total. The van der Waals surface area contributed by atoms with Gasteiger partial charge in [0.1, 0.15) is 24.0 Å². The summed E-state index contributed by atoms with van der Waals surface area (Å²) in [5, 5.41) is 21.0. The third-order valence-electron chi connectivity index (χ3n) is 8.91. The van der Waals surface area contributed by atoms with E-state index in [2.05, 4.69) is 20.5 Å². The highest BCUT2D eigenvalue weighted by molar-refractivity contribution is 6.33. The molecule has 2 atom stereocenters. The summed E-state index contributed by atoms with van der Waals surface area (Å²) in [7, 11) is 0. The van der Waals surface area contributed by atoms with Crippen LogP contribution in [0, 0.1) is 10.8 Å².